The molecule has 1 aliphatic rings. The normalized spacial score (nSPS) is 18.1. The molecule has 1 heterocycles. The number of likely N-dealkylation sites (tertiary alicyclic amines) is 1. The Morgan fingerprint density at radius 1 is 1.32 bits per heavy atom. The minimum atomic E-state index is -0.0935. The van der Waals surface area contributed by atoms with Crippen molar-refractivity contribution >= 4 is 17.5 Å². The van der Waals surface area contributed by atoms with Gasteiger partial charge >= 0.3 is 0 Å². The van der Waals surface area contributed by atoms with E-state index in [1.807, 2.05) is 36.1 Å². The number of anilines is 1. The quantitative estimate of drug-likeness (QED) is 0.857. The van der Waals surface area contributed by atoms with Crippen LogP contribution in [0.15, 0.2) is 24.3 Å². The van der Waals surface area contributed by atoms with Gasteiger partial charge in [0.25, 0.3) is 0 Å². The first-order chi connectivity index (χ1) is 10.5. The molecule has 1 unspecified atom stereocenters. The highest BCUT2D eigenvalue weighted by molar-refractivity contribution is 5.97. The number of carbonyl (C=O) groups is 2. The summed E-state index contributed by atoms with van der Waals surface area (Å²) in [7, 11) is 0. The summed E-state index contributed by atoms with van der Waals surface area (Å²) < 4.78 is 0. The SMILES string of the molecule is CCC1CCCCN1C(=O)CN(C(C)=O)c1cccc(C)c1. The van der Waals surface area contributed by atoms with Gasteiger partial charge < -0.3 is 9.80 Å². The lowest BCUT2D eigenvalue weighted by Crippen LogP contribution is -2.48. The van der Waals surface area contributed by atoms with Crippen molar-refractivity contribution in [1.82, 2.24) is 4.90 Å². The van der Waals surface area contributed by atoms with E-state index >= 15 is 0 Å². The minimum Gasteiger partial charge on any atom is -0.338 e. The minimum absolute atomic E-state index is 0.0586. The Hall–Kier alpha value is -1.84. The molecule has 22 heavy (non-hydrogen) atoms. The molecule has 1 aromatic carbocycles. The fourth-order valence-electron chi connectivity index (χ4n) is 3.16. The number of benzene rings is 1. The van der Waals surface area contributed by atoms with Crippen molar-refractivity contribution in [2.45, 2.75) is 52.5 Å². The standard InChI is InChI=1S/C18H26N2O2/c1-4-16-9-5-6-11-19(16)18(22)13-20(15(3)21)17-10-7-8-14(2)12-17/h7-8,10,12,16H,4-6,9,11,13H2,1-3H3. The lowest BCUT2D eigenvalue weighted by atomic mass is 10.00. The molecule has 1 fully saturated rings. The highest BCUT2D eigenvalue weighted by atomic mass is 16.2. The molecule has 2 amide bonds. The van der Waals surface area contributed by atoms with Crippen LogP contribution in [0.3, 0.4) is 0 Å². The van der Waals surface area contributed by atoms with Crippen molar-refractivity contribution in [3.8, 4) is 0 Å². The fraction of sp³-hybridized carbons (Fsp3) is 0.556. The van der Waals surface area contributed by atoms with Crippen LogP contribution < -0.4 is 4.90 Å². The van der Waals surface area contributed by atoms with E-state index in [-0.39, 0.29) is 18.4 Å². The Bertz CT molecular complexity index is 542. The van der Waals surface area contributed by atoms with Crippen LogP contribution in [0.1, 0.15) is 45.1 Å². The molecule has 4 heteroatoms. The van der Waals surface area contributed by atoms with Crippen molar-refractivity contribution in [3.63, 3.8) is 0 Å². The second-order valence-electron chi connectivity index (χ2n) is 6.09. The van der Waals surface area contributed by atoms with E-state index in [1.54, 1.807) is 4.90 Å². The lowest BCUT2D eigenvalue weighted by molar-refractivity contribution is -0.134. The predicted molar refractivity (Wildman–Crippen MR) is 88.8 cm³/mol. The van der Waals surface area contributed by atoms with E-state index in [0.717, 1.165) is 37.1 Å². The average Bonchev–Trinajstić information content (AvgIpc) is 2.52. The van der Waals surface area contributed by atoms with E-state index in [1.165, 1.54) is 13.3 Å². The van der Waals surface area contributed by atoms with Gasteiger partial charge in [-0.05, 0) is 50.3 Å². The maximum absolute atomic E-state index is 12.7. The second-order valence-corrected chi connectivity index (χ2v) is 6.09. The van der Waals surface area contributed by atoms with E-state index < -0.39 is 0 Å². The van der Waals surface area contributed by atoms with Crippen LogP contribution in [0.4, 0.5) is 5.69 Å². The van der Waals surface area contributed by atoms with Crippen LogP contribution in [0, 0.1) is 6.92 Å². The molecule has 1 saturated heterocycles. The Morgan fingerprint density at radius 2 is 2.09 bits per heavy atom. The van der Waals surface area contributed by atoms with Crippen LogP contribution in [-0.4, -0.2) is 35.8 Å². The zero-order chi connectivity index (χ0) is 16.1. The van der Waals surface area contributed by atoms with Gasteiger partial charge in [0.05, 0.1) is 0 Å². The van der Waals surface area contributed by atoms with E-state index in [2.05, 4.69) is 6.92 Å². The number of rotatable bonds is 4. The van der Waals surface area contributed by atoms with Gasteiger partial charge in [0.2, 0.25) is 11.8 Å². The molecule has 0 N–H and O–H groups in total. The Labute approximate surface area is 133 Å². The summed E-state index contributed by atoms with van der Waals surface area (Å²) in [5.41, 5.74) is 1.88. The highest BCUT2D eigenvalue weighted by Crippen LogP contribution is 2.21. The third-order valence-corrected chi connectivity index (χ3v) is 4.41. The van der Waals surface area contributed by atoms with Crippen molar-refractivity contribution < 1.29 is 9.59 Å². The van der Waals surface area contributed by atoms with Crippen molar-refractivity contribution in [1.29, 1.82) is 0 Å². The van der Waals surface area contributed by atoms with Gasteiger partial charge in [-0.3, -0.25) is 9.59 Å². The van der Waals surface area contributed by atoms with Crippen molar-refractivity contribution in [3.05, 3.63) is 29.8 Å². The maximum atomic E-state index is 12.7. The number of hydrogen-bond donors (Lipinski definition) is 0. The van der Waals surface area contributed by atoms with Gasteiger partial charge in [0, 0.05) is 25.2 Å². The summed E-state index contributed by atoms with van der Waals surface area (Å²) in [6.07, 6.45) is 4.31. The summed E-state index contributed by atoms with van der Waals surface area (Å²) in [5, 5.41) is 0. The Kier molecular flexibility index (Phi) is 5.58. The van der Waals surface area contributed by atoms with Gasteiger partial charge in [-0.25, -0.2) is 0 Å². The molecular formula is C18H26N2O2. The highest BCUT2D eigenvalue weighted by Gasteiger charge is 2.27. The lowest BCUT2D eigenvalue weighted by Gasteiger charge is -2.36. The molecule has 120 valence electrons. The third kappa shape index (κ3) is 3.87. The van der Waals surface area contributed by atoms with Crippen LogP contribution >= 0.6 is 0 Å². The number of nitrogens with zero attached hydrogens (tertiary/aromatic N) is 2. The molecule has 2 rings (SSSR count). The fourth-order valence-corrected chi connectivity index (χ4v) is 3.16. The first-order valence-electron chi connectivity index (χ1n) is 8.17. The summed E-state index contributed by atoms with van der Waals surface area (Å²) in [6.45, 7) is 6.58. The molecule has 0 aromatic heterocycles. The predicted octanol–water partition coefficient (Wildman–Crippen LogP) is 3.14. The zero-order valence-corrected chi connectivity index (χ0v) is 13.8. The molecule has 1 aliphatic heterocycles. The van der Waals surface area contributed by atoms with Crippen LogP contribution in [0.25, 0.3) is 0 Å². The van der Waals surface area contributed by atoms with E-state index in [9.17, 15) is 9.59 Å². The zero-order valence-electron chi connectivity index (χ0n) is 13.8. The first-order valence-corrected chi connectivity index (χ1v) is 8.17. The van der Waals surface area contributed by atoms with E-state index in [4.69, 9.17) is 0 Å². The molecule has 0 radical (unpaired) electrons. The summed E-state index contributed by atoms with van der Waals surface area (Å²) in [5.74, 6) is -0.0349. The van der Waals surface area contributed by atoms with Crippen LogP contribution in [0.5, 0.6) is 0 Å². The summed E-state index contributed by atoms with van der Waals surface area (Å²) >= 11 is 0. The van der Waals surface area contributed by atoms with Crippen molar-refractivity contribution in [2.75, 3.05) is 18.0 Å². The molecular weight excluding hydrogens is 276 g/mol. The molecule has 0 aliphatic carbocycles. The number of hydrogen-bond acceptors (Lipinski definition) is 2. The van der Waals surface area contributed by atoms with E-state index in [0.29, 0.717) is 6.04 Å². The number of aryl methyl sites for hydroxylation is 1. The summed E-state index contributed by atoms with van der Waals surface area (Å²) in [4.78, 5) is 28.2. The second kappa shape index (κ2) is 7.43. The topological polar surface area (TPSA) is 40.6 Å². The Morgan fingerprint density at radius 3 is 2.73 bits per heavy atom. The summed E-state index contributed by atoms with van der Waals surface area (Å²) in [6, 6.07) is 8.06. The van der Waals surface area contributed by atoms with Gasteiger partial charge in [0.15, 0.2) is 0 Å². The van der Waals surface area contributed by atoms with Crippen LogP contribution in [0.2, 0.25) is 0 Å². The van der Waals surface area contributed by atoms with Crippen molar-refractivity contribution in [2.24, 2.45) is 0 Å². The number of carbonyl (C=O) groups excluding carboxylic acids is 2. The van der Waals surface area contributed by atoms with Gasteiger partial charge in [-0.1, -0.05) is 19.1 Å². The van der Waals surface area contributed by atoms with Gasteiger partial charge in [0.1, 0.15) is 6.54 Å². The molecule has 1 atom stereocenters. The monoisotopic (exact) mass is 302 g/mol. The molecule has 4 nitrogen and oxygen atoms in total. The molecule has 0 saturated carbocycles. The first kappa shape index (κ1) is 16.5. The smallest absolute Gasteiger partial charge is 0.242 e. The van der Waals surface area contributed by atoms with Crippen LogP contribution in [-0.2, 0) is 9.59 Å². The molecule has 1 aromatic rings. The molecule has 0 bridgehead atoms. The maximum Gasteiger partial charge on any atom is 0.242 e. The largest absolute Gasteiger partial charge is 0.338 e. The Balaban J connectivity index is 2.13. The number of piperidine rings is 1. The molecule has 0 spiro atoms. The van der Waals surface area contributed by atoms with Gasteiger partial charge in [-0.15, -0.1) is 0 Å². The van der Waals surface area contributed by atoms with Gasteiger partial charge in [-0.2, -0.15) is 0 Å². The third-order valence-electron chi connectivity index (χ3n) is 4.41. The average molecular weight is 302 g/mol. The number of amides is 2.